The molecule has 2 aliphatic rings. The highest BCUT2D eigenvalue weighted by atomic mass is 16.5. The Bertz CT molecular complexity index is 389. The number of nitrogens with one attached hydrogen (secondary N) is 1. The van der Waals surface area contributed by atoms with Gasteiger partial charge in [-0.25, -0.2) is 0 Å². The van der Waals surface area contributed by atoms with Gasteiger partial charge in [-0.05, 0) is 37.5 Å². The van der Waals surface area contributed by atoms with Gasteiger partial charge in [-0.1, -0.05) is 19.3 Å². The Balaban J connectivity index is 1.63. The van der Waals surface area contributed by atoms with Gasteiger partial charge in [-0.2, -0.15) is 0 Å². The molecule has 1 N–H and O–H groups in total. The molecule has 5 nitrogen and oxygen atoms in total. The van der Waals surface area contributed by atoms with E-state index < -0.39 is 0 Å². The molecule has 2 fully saturated rings. The van der Waals surface area contributed by atoms with Gasteiger partial charge < -0.3 is 15.0 Å². The van der Waals surface area contributed by atoms with E-state index in [0.717, 1.165) is 38.3 Å². The minimum Gasteiger partial charge on any atom is -0.469 e. The quantitative estimate of drug-likeness (QED) is 0.355. The first-order valence-corrected chi connectivity index (χ1v) is 8.71. The van der Waals surface area contributed by atoms with Crippen LogP contribution in [-0.2, 0) is 9.53 Å². The second-order valence-corrected chi connectivity index (χ2v) is 6.74. The van der Waals surface area contributed by atoms with Crippen molar-refractivity contribution in [2.45, 2.75) is 57.8 Å². The summed E-state index contributed by atoms with van der Waals surface area (Å²) in [5.41, 5.74) is 0.581. The van der Waals surface area contributed by atoms with Gasteiger partial charge in [0.2, 0.25) is 0 Å². The average Bonchev–Trinajstić information content (AvgIpc) is 3.17. The smallest absolute Gasteiger partial charge is 0.305 e. The van der Waals surface area contributed by atoms with Gasteiger partial charge in [0.15, 0.2) is 5.96 Å². The topological polar surface area (TPSA) is 53.9 Å². The number of carbonyl (C=O) groups is 1. The lowest BCUT2D eigenvalue weighted by Gasteiger charge is -2.25. The Kier molecular flexibility index (Phi) is 6.52. The summed E-state index contributed by atoms with van der Waals surface area (Å²) in [6.07, 6.45) is 10.5. The van der Waals surface area contributed by atoms with Crippen molar-refractivity contribution in [1.82, 2.24) is 10.2 Å². The Morgan fingerprint density at radius 1 is 1.23 bits per heavy atom. The lowest BCUT2D eigenvalue weighted by Crippen LogP contribution is -2.41. The molecular formula is C17H31N3O2. The molecule has 1 saturated carbocycles. The summed E-state index contributed by atoms with van der Waals surface area (Å²) in [5, 5.41) is 3.48. The van der Waals surface area contributed by atoms with Crippen LogP contribution in [-0.4, -0.2) is 50.6 Å². The first-order valence-electron chi connectivity index (χ1n) is 8.71. The zero-order valence-corrected chi connectivity index (χ0v) is 14.2. The molecule has 1 aliphatic heterocycles. The molecule has 0 bridgehead atoms. The summed E-state index contributed by atoms with van der Waals surface area (Å²) in [7, 11) is 3.32. The molecule has 0 amide bonds. The number of rotatable bonds is 6. The van der Waals surface area contributed by atoms with Crippen molar-refractivity contribution in [1.29, 1.82) is 0 Å². The number of aliphatic imine (C=N–C) groups is 1. The van der Waals surface area contributed by atoms with Crippen molar-refractivity contribution in [2.24, 2.45) is 10.4 Å². The highest BCUT2D eigenvalue weighted by molar-refractivity contribution is 5.80. The van der Waals surface area contributed by atoms with Crippen molar-refractivity contribution in [3.8, 4) is 0 Å². The summed E-state index contributed by atoms with van der Waals surface area (Å²) in [5.74, 6) is 0.944. The van der Waals surface area contributed by atoms with Crippen LogP contribution in [0.4, 0.5) is 0 Å². The number of likely N-dealkylation sites (tertiary alicyclic amines) is 1. The number of nitrogens with zero attached hydrogens (tertiary/aromatic N) is 2. The lowest BCUT2D eigenvalue weighted by atomic mass is 9.86. The third-order valence-electron chi connectivity index (χ3n) is 5.18. The predicted molar refractivity (Wildman–Crippen MR) is 88.9 cm³/mol. The van der Waals surface area contributed by atoms with Crippen molar-refractivity contribution < 1.29 is 9.53 Å². The minimum atomic E-state index is -0.109. The van der Waals surface area contributed by atoms with E-state index in [1.54, 1.807) is 0 Å². The largest absolute Gasteiger partial charge is 0.469 e. The molecule has 1 heterocycles. The molecule has 0 aromatic heterocycles. The lowest BCUT2D eigenvalue weighted by molar-refractivity contribution is -0.140. The number of ether oxygens (including phenoxy) is 1. The Hall–Kier alpha value is -1.26. The SMILES string of the molecule is CN=C(NCCCCCC(=O)OC)N1CCC2(CCCC2)C1. The summed E-state index contributed by atoms with van der Waals surface area (Å²) in [6.45, 7) is 3.24. The van der Waals surface area contributed by atoms with Gasteiger partial charge in [-0.15, -0.1) is 0 Å². The van der Waals surface area contributed by atoms with Gasteiger partial charge in [0.25, 0.3) is 0 Å². The fourth-order valence-corrected chi connectivity index (χ4v) is 3.85. The number of unbranched alkanes of at least 4 members (excludes halogenated alkanes) is 2. The fraction of sp³-hybridized carbons (Fsp3) is 0.882. The molecule has 1 spiro atoms. The minimum absolute atomic E-state index is 0.109. The molecule has 1 aliphatic carbocycles. The second-order valence-electron chi connectivity index (χ2n) is 6.74. The zero-order chi connectivity index (χ0) is 15.8. The molecule has 0 radical (unpaired) electrons. The second kappa shape index (κ2) is 8.39. The maximum atomic E-state index is 11.0. The van der Waals surface area contributed by atoms with Crippen LogP contribution in [0, 0.1) is 5.41 Å². The third kappa shape index (κ3) is 4.62. The molecule has 0 aromatic carbocycles. The van der Waals surface area contributed by atoms with Crippen LogP contribution in [0.1, 0.15) is 57.8 Å². The number of esters is 1. The molecule has 0 atom stereocenters. The number of hydrogen-bond acceptors (Lipinski definition) is 3. The molecule has 2 rings (SSSR count). The van der Waals surface area contributed by atoms with Crippen LogP contribution >= 0.6 is 0 Å². The van der Waals surface area contributed by atoms with E-state index in [0.29, 0.717) is 11.8 Å². The van der Waals surface area contributed by atoms with Gasteiger partial charge in [0, 0.05) is 33.1 Å². The molecule has 5 heteroatoms. The van der Waals surface area contributed by atoms with E-state index in [-0.39, 0.29) is 5.97 Å². The average molecular weight is 309 g/mol. The fourth-order valence-electron chi connectivity index (χ4n) is 3.85. The van der Waals surface area contributed by atoms with Crippen LogP contribution < -0.4 is 5.32 Å². The van der Waals surface area contributed by atoms with Crippen molar-refractivity contribution in [2.75, 3.05) is 33.8 Å². The van der Waals surface area contributed by atoms with Crippen LogP contribution in [0.5, 0.6) is 0 Å². The van der Waals surface area contributed by atoms with E-state index in [2.05, 4.69) is 19.9 Å². The van der Waals surface area contributed by atoms with Crippen molar-refractivity contribution >= 4 is 11.9 Å². The third-order valence-corrected chi connectivity index (χ3v) is 5.18. The van der Waals surface area contributed by atoms with Gasteiger partial charge in [0.1, 0.15) is 0 Å². The van der Waals surface area contributed by atoms with E-state index in [4.69, 9.17) is 0 Å². The van der Waals surface area contributed by atoms with E-state index in [1.165, 1.54) is 45.8 Å². The van der Waals surface area contributed by atoms with E-state index >= 15 is 0 Å². The first-order chi connectivity index (χ1) is 10.7. The summed E-state index contributed by atoms with van der Waals surface area (Å²) >= 11 is 0. The molecule has 1 saturated heterocycles. The molecular weight excluding hydrogens is 278 g/mol. The van der Waals surface area contributed by atoms with Gasteiger partial charge in [0.05, 0.1) is 7.11 Å². The van der Waals surface area contributed by atoms with Gasteiger partial charge >= 0.3 is 5.97 Å². The van der Waals surface area contributed by atoms with Crippen LogP contribution in [0.25, 0.3) is 0 Å². The number of carbonyl (C=O) groups excluding carboxylic acids is 1. The standard InChI is InChI=1S/C17H31N3O2/c1-18-16(19-12-7-3-4-8-15(21)22-2)20-13-11-17(14-20)9-5-6-10-17/h3-14H2,1-2H3,(H,18,19). The summed E-state index contributed by atoms with van der Waals surface area (Å²) in [6, 6.07) is 0. The zero-order valence-electron chi connectivity index (χ0n) is 14.2. The van der Waals surface area contributed by atoms with Crippen LogP contribution in [0.3, 0.4) is 0 Å². The Labute approximate surface area is 134 Å². The van der Waals surface area contributed by atoms with Crippen molar-refractivity contribution in [3.63, 3.8) is 0 Å². The highest BCUT2D eigenvalue weighted by Gasteiger charge is 2.40. The molecule has 0 unspecified atom stereocenters. The van der Waals surface area contributed by atoms with Crippen LogP contribution in [0.15, 0.2) is 4.99 Å². The number of guanidine groups is 1. The van der Waals surface area contributed by atoms with E-state index in [1.807, 2.05) is 7.05 Å². The van der Waals surface area contributed by atoms with Crippen molar-refractivity contribution in [3.05, 3.63) is 0 Å². The maximum Gasteiger partial charge on any atom is 0.305 e. The number of methoxy groups -OCH3 is 1. The van der Waals surface area contributed by atoms with E-state index in [9.17, 15) is 4.79 Å². The first kappa shape index (κ1) is 17.1. The monoisotopic (exact) mass is 309 g/mol. The van der Waals surface area contributed by atoms with Gasteiger partial charge in [-0.3, -0.25) is 9.79 Å². The predicted octanol–water partition coefficient (Wildman–Crippen LogP) is 2.56. The Morgan fingerprint density at radius 3 is 2.68 bits per heavy atom. The Morgan fingerprint density at radius 2 is 2.00 bits per heavy atom. The highest BCUT2D eigenvalue weighted by Crippen LogP contribution is 2.45. The molecule has 22 heavy (non-hydrogen) atoms. The summed E-state index contributed by atoms with van der Waals surface area (Å²) < 4.78 is 4.65. The molecule has 126 valence electrons. The normalized spacial score (nSPS) is 20.6. The van der Waals surface area contributed by atoms with Crippen LogP contribution in [0.2, 0.25) is 0 Å². The number of hydrogen-bond donors (Lipinski definition) is 1. The summed E-state index contributed by atoms with van der Waals surface area (Å²) in [4.78, 5) is 17.9. The molecule has 0 aromatic rings. The maximum absolute atomic E-state index is 11.0.